The molecule has 0 aliphatic carbocycles. The normalized spacial score (nSPS) is 19.2. The van der Waals surface area contributed by atoms with Gasteiger partial charge in [0.25, 0.3) is 0 Å². The van der Waals surface area contributed by atoms with E-state index in [1.807, 2.05) is 17.8 Å². The molecule has 1 atom stereocenters. The zero-order valence-corrected chi connectivity index (χ0v) is 10.5. The fraction of sp³-hybridized carbons (Fsp3) is 0.333. The van der Waals surface area contributed by atoms with Crippen molar-refractivity contribution in [1.29, 1.82) is 0 Å². The van der Waals surface area contributed by atoms with Gasteiger partial charge in [-0.1, -0.05) is 6.07 Å². The minimum absolute atomic E-state index is 0.211. The number of pyridine rings is 1. The van der Waals surface area contributed by atoms with Crippen molar-refractivity contribution in [2.45, 2.75) is 12.5 Å². The Bertz CT molecular complexity index is 590. The molecule has 1 aliphatic heterocycles. The molecule has 2 aromatic rings. The molecular weight excluding hydrogens is 250 g/mol. The Morgan fingerprint density at radius 2 is 2.44 bits per heavy atom. The van der Waals surface area contributed by atoms with Crippen molar-refractivity contribution < 1.29 is 9.90 Å². The first kappa shape index (κ1) is 11.4. The molecule has 1 fully saturated rings. The van der Waals surface area contributed by atoms with E-state index in [1.165, 1.54) is 0 Å². The highest BCUT2D eigenvalue weighted by molar-refractivity contribution is 7.99. The highest BCUT2D eigenvalue weighted by Crippen LogP contribution is 2.24. The molecule has 0 bridgehead atoms. The molecule has 3 rings (SSSR count). The number of carboxylic acids is 1. The summed E-state index contributed by atoms with van der Waals surface area (Å²) in [5.41, 5.74) is 0.866. The molecule has 6 heteroatoms. The lowest BCUT2D eigenvalue weighted by molar-refractivity contribution is 0.0690. The van der Waals surface area contributed by atoms with Crippen LogP contribution in [0.4, 0.5) is 5.82 Å². The fourth-order valence-corrected chi connectivity index (χ4v) is 3.29. The third kappa shape index (κ3) is 1.92. The van der Waals surface area contributed by atoms with Crippen molar-refractivity contribution in [3.05, 3.63) is 30.1 Å². The summed E-state index contributed by atoms with van der Waals surface area (Å²) < 4.78 is 1.60. The zero-order chi connectivity index (χ0) is 12.5. The molecule has 94 valence electrons. The smallest absolute Gasteiger partial charge is 0.356 e. The number of anilines is 1. The Kier molecular flexibility index (Phi) is 2.87. The number of carbonyl (C=O) groups is 1. The number of fused-ring (bicyclic) bond motifs is 1. The van der Waals surface area contributed by atoms with Crippen LogP contribution in [0.2, 0.25) is 0 Å². The molecule has 2 aromatic heterocycles. The van der Waals surface area contributed by atoms with E-state index in [1.54, 1.807) is 22.7 Å². The molecule has 0 spiro atoms. The monoisotopic (exact) mass is 263 g/mol. The minimum atomic E-state index is -0.957. The number of aromatic carboxylic acids is 1. The quantitative estimate of drug-likeness (QED) is 0.886. The SMILES string of the molecule is O=C(O)c1c(NC2CCSC2)nc2ccccn12. The van der Waals surface area contributed by atoms with E-state index in [-0.39, 0.29) is 5.69 Å². The molecule has 0 radical (unpaired) electrons. The number of rotatable bonds is 3. The second-order valence-corrected chi connectivity index (χ2v) is 5.40. The number of hydrogen-bond acceptors (Lipinski definition) is 4. The third-order valence-corrected chi connectivity index (χ3v) is 4.17. The van der Waals surface area contributed by atoms with Crippen LogP contribution in [-0.2, 0) is 0 Å². The van der Waals surface area contributed by atoms with Gasteiger partial charge in [0.05, 0.1) is 0 Å². The van der Waals surface area contributed by atoms with Gasteiger partial charge in [-0.15, -0.1) is 0 Å². The molecule has 5 nitrogen and oxygen atoms in total. The third-order valence-electron chi connectivity index (χ3n) is 3.00. The molecule has 0 aromatic carbocycles. The predicted octanol–water partition coefficient (Wildman–Crippen LogP) is 1.95. The van der Waals surface area contributed by atoms with Gasteiger partial charge in [0, 0.05) is 18.0 Å². The van der Waals surface area contributed by atoms with Crippen molar-refractivity contribution in [3.8, 4) is 0 Å². The lowest BCUT2D eigenvalue weighted by Gasteiger charge is -2.10. The van der Waals surface area contributed by atoms with Crippen molar-refractivity contribution >= 4 is 29.2 Å². The molecular formula is C12H13N3O2S. The maximum absolute atomic E-state index is 11.4. The highest BCUT2D eigenvalue weighted by Gasteiger charge is 2.22. The highest BCUT2D eigenvalue weighted by atomic mass is 32.2. The lowest BCUT2D eigenvalue weighted by Crippen LogP contribution is -2.20. The Morgan fingerprint density at radius 1 is 1.56 bits per heavy atom. The van der Waals surface area contributed by atoms with E-state index < -0.39 is 5.97 Å². The van der Waals surface area contributed by atoms with E-state index in [2.05, 4.69) is 10.3 Å². The topological polar surface area (TPSA) is 66.6 Å². The Hall–Kier alpha value is -1.69. The van der Waals surface area contributed by atoms with Crippen molar-refractivity contribution in [1.82, 2.24) is 9.38 Å². The molecule has 0 saturated carbocycles. The van der Waals surface area contributed by atoms with E-state index in [0.29, 0.717) is 17.5 Å². The first-order chi connectivity index (χ1) is 8.75. The average molecular weight is 263 g/mol. The number of nitrogens with one attached hydrogen (secondary N) is 1. The van der Waals surface area contributed by atoms with Crippen LogP contribution in [0.3, 0.4) is 0 Å². The molecule has 1 saturated heterocycles. The molecule has 1 unspecified atom stereocenters. The molecule has 2 N–H and O–H groups in total. The molecule has 1 aliphatic rings. The van der Waals surface area contributed by atoms with E-state index in [0.717, 1.165) is 17.9 Å². The van der Waals surface area contributed by atoms with Gasteiger partial charge >= 0.3 is 5.97 Å². The second kappa shape index (κ2) is 4.53. The van der Waals surface area contributed by atoms with Gasteiger partial charge in [-0.2, -0.15) is 11.8 Å². The van der Waals surface area contributed by atoms with Crippen molar-refractivity contribution in [3.63, 3.8) is 0 Å². The summed E-state index contributed by atoms with van der Waals surface area (Å²) in [7, 11) is 0. The number of thioether (sulfide) groups is 1. The lowest BCUT2D eigenvalue weighted by atomic mass is 10.2. The summed E-state index contributed by atoms with van der Waals surface area (Å²) in [6.45, 7) is 0. The predicted molar refractivity (Wildman–Crippen MR) is 71.5 cm³/mol. The Labute approximate surface area is 108 Å². The fourth-order valence-electron chi connectivity index (χ4n) is 2.14. The summed E-state index contributed by atoms with van der Waals surface area (Å²) in [5.74, 6) is 1.64. The van der Waals surface area contributed by atoms with Crippen molar-refractivity contribution in [2.24, 2.45) is 0 Å². The van der Waals surface area contributed by atoms with Crippen LogP contribution in [0.15, 0.2) is 24.4 Å². The molecule has 0 amide bonds. The number of imidazole rings is 1. The van der Waals surface area contributed by atoms with Gasteiger partial charge < -0.3 is 10.4 Å². The molecule has 3 heterocycles. The van der Waals surface area contributed by atoms with Crippen molar-refractivity contribution in [2.75, 3.05) is 16.8 Å². The van der Waals surface area contributed by atoms with Crippen LogP contribution in [0, 0.1) is 0 Å². The summed E-state index contributed by atoms with van der Waals surface area (Å²) in [6, 6.07) is 5.78. The van der Waals surface area contributed by atoms with E-state index in [4.69, 9.17) is 0 Å². The van der Waals surface area contributed by atoms with Gasteiger partial charge in [0.15, 0.2) is 11.5 Å². The Balaban J connectivity index is 2.03. The van der Waals surface area contributed by atoms with Crippen LogP contribution in [0.25, 0.3) is 5.65 Å². The van der Waals surface area contributed by atoms with Crippen LogP contribution < -0.4 is 5.32 Å². The Morgan fingerprint density at radius 3 is 3.17 bits per heavy atom. The first-order valence-corrected chi connectivity index (χ1v) is 6.96. The molecule has 18 heavy (non-hydrogen) atoms. The number of aromatic nitrogens is 2. The second-order valence-electron chi connectivity index (χ2n) is 4.25. The summed E-state index contributed by atoms with van der Waals surface area (Å²) >= 11 is 1.88. The maximum Gasteiger partial charge on any atom is 0.356 e. The van der Waals surface area contributed by atoms with Gasteiger partial charge in [-0.3, -0.25) is 4.40 Å². The number of hydrogen-bond donors (Lipinski definition) is 2. The van der Waals surface area contributed by atoms with E-state index in [9.17, 15) is 9.90 Å². The van der Waals surface area contributed by atoms with Gasteiger partial charge in [0.2, 0.25) is 0 Å². The zero-order valence-electron chi connectivity index (χ0n) is 9.67. The summed E-state index contributed by atoms with van der Waals surface area (Å²) in [4.78, 5) is 15.7. The maximum atomic E-state index is 11.4. The standard InChI is InChI=1S/C12H13N3O2S/c16-12(17)10-11(13-8-4-6-18-7-8)14-9-3-1-2-5-15(9)10/h1-3,5,8,13H,4,6-7H2,(H,16,17). The van der Waals surface area contributed by atoms with Crippen LogP contribution in [0.5, 0.6) is 0 Å². The number of carboxylic acid groups (broad SMARTS) is 1. The summed E-state index contributed by atoms with van der Waals surface area (Å²) in [5, 5.41) is 12.6. The minimum Gasteiger partial charge on any atom is -0.476 e. The van der Waals surface area contributed by atoms with Gasteiger partial charge in [-0.25, -0.2) is 9.78 Å². The first-order valence-electron chi connectivity index (χ1n) is 5.80. The largest absolute Gasteiger partial charge is 0.476 e. The van der Waals surface area contributed by atoms with E-state index >= 15 is 0 Å². The van der Waals surface area contributed by atoms with Crippen LogP contribution >= 0.6 is 11.8 Å². The number of nitrogens with zero attached hydrogens (tertiary/aromatic N) is 2. The van der Waals surface area contributed by atoms with Crippen LogP contribution in [0.1, 0.15) is 16.9 Å². The average Bonchev–Trinajstić information content (AvgIpc) is 2.95. The van der Waals surface area contributed by atoms with Gasteiger partial charge in [-0.05, 0) is 24.3 Å². The summed E-state index contributed by atoms with van der Waals surface area (Å²) in [6.07, 6.45) is 2.78. The van der Waals surface area contributed by atoms with Crippen LogP contribution in [-0.4, -0.2) is 38.0 Å². The van der Waals surface area contributed by atoms with Gasteiger partial charge in [0.1, 0.15) is 5.65 Å².